The average molecular weight is 418 g/mol. The molecule has 0 saturated carbocycles. The molecule has 0 rings (SSSR count). The van der Waals surface area contributed by atoms with Gasteiger partial charge in [0.15, 0.2) is 0 Å². The summed E-state index contributed by atoms with van der Waals surface area (Å²) in [4.78, 5) is 0. The van der Waals surface area contributed by atoms with Crippen molar-refractivity contribution in [3.8, 4) is 0 Å². The first-order valence-electron chi connectivity index (χ1n) is 10.3. The van der Waals surface area contributed by atoms with Crippen molar-refractivity contribution < 1.29 is 3.07 Å². The summed E-state index contributed by atoms with van der Waals surface area (Å²) >= 11 is -1.43. The molecule has 22 heavy (non-hydrogen) atoms. The number of hydrogen-bond acceptors (Lipinski definition) is 1. The van der Waals surface area contributed by atoms with Gasteiger partial charge in [0.05, 0.1) is 0 Å². The van der Waals surface area contributed by atoms with Crippen molar-refractivity contribution in [2.75, 3.05) is 6.61 Å². The second-order valence-electron chi connectivity index (χ2n) is 6.78. The molecule has 0 aliphatic heterocycles. The van der Waals surface area contributed by atoms with Gasteiger partial charge in [-0.1, -0.05) is 6.92 Å². The van der Waals surface area contributed by atoms with Crippen molar-refractivity contribution in [1.82, 2.24) is 0 Å². The maximum absolute atomic E-state index is 6.31. The standard InChI is InChI=1S/C12H25O.2C4H9.Sn/c1-2-3-4-5-6-7-8-9-10-11-12-13;2*1-3-4-2;/h2-12H2,1H3;2*1,3-4H2,2H3;/q-1;;;+2. The van der Waals surface area contributed by atoms with E-state index >= 15 is 0 Å². The Bertz CT molecular complexity index is 188. The van der Waals surface area contributed by atoms with E-state index in [1.807, 2.05) is 0 Å². The minimum absolute atomic E-state index is 1.08. The monoisotopic (exact) mass is 419 g/mol. The fourth-order valence-electron chi connectivity index (χ4n) is 2.82. The van der Waals surface area contributed by atoms with Gasteiger partial charge in [0.25, 0.3) is 0 Å². The average Bonchev–Trinajstić information content (AvgIpc) is 2.54. The summed E-state index contributed by atoms with van der Waals surface area (Å²) in [6.45, 7) is 7.99. The molecular weight excluding hydrogens is 375 g/mol. The number of rotatable bonds is 18. The van der Waals surface area contributed by atoms with Gasteiger partial charge in [-0.2, -0.15) is 0 Å². The molecule has 0 saturated heterocycles. The second kappa shape index (κ2) is 19.8. The molecule has 0 fully saturated rings. The van der Waals surface area contributed by atoms with Gasteiger partial charge in [-0.3, -0.25) is 0 Å². The molecule has 0 aromatic carbocycles. The summed E-state index contributed by atoms with van der Waals surface area (Å²) in [7, 11) is 0. The molecule has 0 bridgehead atoms. The zero-order valence-electron chi connectivity index (χ0n) is 15.9. The van der Waals surface area contributed by atoms with Gasteiger partial charge < -0.3 is 0 Å². The van der Waals surface area contributed by atoms with Crippen LogP contribution in [-0.4, -0.2) is 26.8 Å². The molecule has 0 spiro atoms. The van der Waals surface area contributed by atoms with Crippen LogP contribution >= 0.6 is 0 Å². The van der Waals surface area contributed by atoms with Crippen molar-refractivity contribution in [1.29, 1.82) is 0 Å². The van der Waals surface area contributed by atoms with E-state index < -0.39 is 20.2 Å². The molecule has 2 heteroatoms. The Balaban J connectivity index is 3.33. The fraction of sp³-hybridized carbons (Fsp3) is 1.00. The van der Waals surface area contributed by atoms with Gasteiger partial charge in [0.1, 0.15) is 0 Å². The van der Waals surface area contributed by atoms with Crippen LogP contribution in [0.3, 0.4) is 0 Å². The summed E-state index contributed by atoms with van der Waals surface area (Å²) in [6, 6.07) is 0. The first-order valence-corrected chi connectivity index (χ1v) is 15.5. The Morgan fingerprint density at radius 3 is 1.36 bits per heavy atom. The number of hydrogen-bond donors (Lipinski definition) is 0. The van der Waals surface area contributed by atoms with Crippen LogP contribution in [0.4, 0.5) is 0 Å². The Hall–Kier alpha value is 0.759. The zero-order chi connectivity index (χ0) is 16.3. The van der Waals surface area contributed by atoms with Crippen molar-refractivity contribution >= 4 is 20.2 Å². The molecule has 0 radical (unpaired) electrons. The molecule has 0 heterocycles. The first kappa shape index (κ1) is 22.8. The van der Waals surface area contributed by atoms with Crippen molar-refractivity contribution in [3.05, 3.63) is 0 Å². The maximum atomic E-state index is 6.31. The van der Waals surface area contributed by atoms with E-state index in [9.17, 15) is 0 Å². The molecule has 0 atom stereocenters. The summed E-state index contributed by atoms with van der Waals surface area (Å²) in [6.07, 6.45) is 19.7. The van der Waals surface area contributed by atoms with Crippen LogP contribution < -0.4 is 0 Å². The topological polar surface area (TPSA) is 9.23 Å². The third-order valence-electron chi connectivity index (χ3n) is 4.42. The second-order valence-corrected chi connectivity index (χ2v) is 13.5. The van der Waals surface area contributed by atoms with Crippen LogP contribution in [0, 0.1) is 0 Å². The first-order chi connectivity index (χ1) is 10.8. The van der Waals surface area contributed by atoms with Gasteiger partial charge in [-0.15, -0.1) is 0 Å². The fourth-order valence-corrected chi connectivity index (χ4v) is 9.87. The molecule has 0 aliphatic rings. The molecule has 0 aromatic heterocycles. The van der Waals surface area contributed by atoms with Gasteiger partial charge >= 0.3 is 142 Å². The van der Waals surface area contributed by atoms with Crippen molar-refractivity contribution in [2.45, 2.75) is 120 Å². The molecule has 0 amide bonds. The molecule has 0 aromatic rings. The third kappa shape index (κ3) is 17.1. The number of unbranched alkanes of at least 4 members (excludes halogenated alkanes) is 11. The summed E-state index contributed by atoms with van der Waals surface area (Å²) in [5, 5.41) is 0. The van der Waals surface area contributed by atoms with Crippen LogP contribution in [0.2, 0.25) is 8.87 Å². The predicted octanol–water partition coefficient (Wildman–Crippen LogP) is 7.52. The van der Waals surface area contributed by atoms with E-state index in [0.29, 0.717) is 0 Å². The quantitative estimate of drug-likeness (QED) is 0.165. The van der Waals surface area contributed by atoms with E-state index in [1.54, 1.807) is 0 Å². The van der Waals surface area contributed by atoms with Crippen molar-refractivity contribution in [3.63, 3.8) is 0 Å². The van der Waals surface area contributed by atoms with Crippen LogP contribution in [-0.2, 0) is 3.07 Å². The normalized spacial score (nSPS) is 11.0. The van der Waals surface area contributed by atoms with E-state index in [4.69, 9.17) is 3.07 Å². The zero-order valence-corrected chi connectivity index (χ0v) is 18.8. The van der Waals surface area contributed by atoms with Crippen LogP contribution in [0.1, 0.15) is 111 Å². The Morgan fingerprint density at radius 2 is 0.909 bits per heavy atom. The molecule has 0 aliphatic carbocycles. The third-order valence-corrected chi connectivity index (χ3v) is 11.4. The summed E-state index contributed by atoms with van der Waals surface area (Å²) < 4.78 is 9.25. The Morgan fingerprint density at radius 1 is 0.500 bits per heavy atom. The van der Waals surface area contributed by atoms with Crippen LogP contribution in [0.15, 0.2) is 0 Å². The van der Waals surface area contributed by atoms with Gasteiger partial charge in [-0.05, 0) is 0 Å². The van der Waals surface area contributed by atoms with Crippen LogP contribution in [0.25, 0.3) is 0 Å². The Labute approximate surface area is 149 Å². The van der Waals surface area contributed by atoms with Gasteiger partial charge in [0.2, 0.25) is 0 Å². The summed E-state index contributed by atoms with van der Waals surface area (Å²) in [5.74, 6) is 0. The molecule has 132 valence electrons. The molecule has 0 unspecified atom stereocenters. The summed E-state index contributed by atoms with van der Waals surface area (Å²) in [5.41, 5.74) is 0. The molecular formula is C20H43OSn+. The van der Waals surface area contributed by atoms with E-state index in [2.05, 4.69) is 20.8 Å². The Kier molecular flexibility index (Phi) is 20.5. The van der Waals surface area contributed by atoms with E-state index in [0.717, 1.165) is 6.61 Å². The predicted molar refractivity (Wildman–Crippen MR) is 103 cm³/mol. The van der Waals surface area contributed by atoms with Gasteiger partial charge in [-0.25, -0.2) is 0 Å². The molecule has 1 nitrogen and oxygen atoms in total. The van der Waals surface area contributed by atoms with Crippen LogP contribution in [0.5, 0.6) is 0 Å². The van der Waals surface area contributed by atoms with Crippen molar-refractivity contribution in [2.24, 2.45) is 0 Å². The minimum atomic E-state index is -1.43. The van der Waals surface area contributed by atoms with Gasteiger partial charge in [0, 0.05) is 0 Å². The van der Waals surface area contributed by atoms with E-state index in [-0.39, 0.29) is 0 Å². The molecule has 0 N–H and O–H groups in total. The van der Waals surface area contributed by atoms with E-state index in [1.165, 1.54) is 98.8 Å². The SMILES string of the molecule is CCCCCCCCCCCC[O][Sn+]([CH2]CCC)[CH2]CCC.